The molecule has 0 N–H and O–H groups in total. The van der Waals surface area contributed by atoms with E-state index in [9.17, 15) is 5.48 Å². The van der Waals surface area contributed by atoms with Crippen LogP contribution in [0, 0.1) is 0 Å². The Kier molecular flexibility index (Phi) is 4.46. The fourth-order valence-corrected chi connectivity index (χ4v) is 7.49. The maximum absolute atomic E-state index is 9.44. The van der Waals surface area contributed by atoms with Crippen LogP contribution in [0.5, 0.6) is 0 Å². The minimum absolute atomic E-state index is 0.197. The Bertz CT molecular complexity index is 3230. The summed E-state index contributed by atoms with van der Waals surface area (Å²) in [6.45, 7) is 0. The summed E-state index contributed by atoms with van der Waals surface area (Å²) in [5.74, 6) is 0. The highest BCUT2D eigenvalue weighted by Gasteiger charge is 2.18. The smallest absolute Gasteiger partial charge is 0.0616 e. The van der Waals surface area contributed by atoms with Gasteiger partial charge in [-0.1, -0.05) is 164 Å². The number of hydrogen-bond acceptors (Lipinski definition) is 0. The van der Waals surface area contributed by atoms with Gasteiger partial charge in [0.2, 0.25) is 0 Å². The molecular formula is C48H30. The number of benzene rings is 10. The van der Waals surface area contributed by atoms with Crippen molar-refractivity contribution in [2.24, 2.45) is 0 Å². The summed E-state index contributed by atoms with van der Waals surface area (Å²) < 4.78 is 73.2. The summed E-state index contributed by atoms with van der Waals surface area (Å²) in [5.41, 5.74) is 3.62. The quantitative estimate of drug-likeness (QED) is 0.137. The van der Waals surface area contributed by atoms with Crippen LogP contribution in [0.25, 0.3) is 98.0 Å². The normalized spacial score (nSPS) is 14.1. The molecule has 0 saturated carbocycles. The third-order valence-electron chi connectivity index (χ3n) is 9.64. The van der Waals surface area contributed by atoms with E-state index < -0.39 is 24.2 Å². The van der Waals surface area contributed by atoms with Crippen LogP contribution in [0.3, 0.4) is 0 Å². The molecule has 0 unspecified atom stereocenters. The lowest BCUT2D eigenvalue weighted by Crippen LogP contribution is -1.92. The fourth-order valence-electron chi connectivity index (χ4n) is 7.49. The molecule has 48 heavy (non-hydrogen) atoms. The van der Waals surface area contributed by atoms with Crippen molar-refractivity contribution < 1.29 is 11.0 Å². The predicted octanol–water partition coefficient (Wildman–Crippen LogP) is 13.6. The van der Waals surface area contributed by atoms with Gasteiger partial charge in [0.25, 0.3) is 0 Å². The highest BCUT2D eigenvalue weighted by Crippen LogP contribution is 2.46. The van der Waals surface area contributed by atoms with E-state index >= 15 is 0 Å². The van der Waals surface area contributed by atoms with Gasteiger partial charge in [-0.05, 0) is 116 Å². The van der Waals surface area contributed by atoms with Gasteiger partial charge in [-0.15, -0.1) is 0 Å². The lowest BCUT2D eigenvalue weighted by molar-refractivity contribution is 1.63. The molecule has 0 spiro atoms. The average molecular weight is 615 g/mol. The van der Waals surface area contributed by atoms with Gasteiger partial charge in [-0.25, -0.2) is 0 Å². The first kappa shape index (κ1) is 20.1. The van der Waals surface area contributed by atoms with Crippen molar-refractivity contribution in [3.63, 3.8) is 0 Å². The first-order valence-electron chi connectivity index (χ1n) is 20.0. The summed E-state index contributed by atoms with van der Waals surface area (Å²) in [4.78, 5) is 0. The summed E-state index contributed by atoms with van der Waals surface area (Å²) in [6.07, 6.45) is 0. The molecule has 0 saturated heterocycles. The molecule has 0 aliphatic heterocycles. The highest BCUT2D eigenvalue weighted by molar-refractivity contribution is 6.27. The Balaban J connectivity index is 1.38. The fraction of sp³-hybridized carbons (Fsp3) is 0. The van der Waals surface area contributed by atoms with Crippen LogP contribution in [0.1, 0.15) is 11.0 Å². The number of rotatable bonds is 3. The minimum atomic E-state index is -0.420. The van der Waals surface area contributed by atoms with E-state index in [0.29, 0.717) is 22.3 Å². The molecule has 0 heteroatoms. The first-order chi connectivity index (χ1) is 27.1. The van der Waals surface area contributed by atoms with E-state index in [0.717, 1.165) is 54.2 Å². The van der Waals surface area contributed by atoms with Crippen molar-refractivity contribution in [2.75, 3.05) is 0 Å². The number of hydrogen-bond donors (Lipinski definition) is 0. The van der Waals surface area contributed by atoms with E-state index in [1.54, 1.807) is 0 Å². The van der Waals surface area contributed by atoms with Crippen LogP contribution in [-0.4, -0.2) is 0 Å². The van der Waals surface area contributed by atoms with Crippen LogP contribution < -0.4 is 0 Å². The summed E-state index contributed by atoms with van der Waals surface area (Å²) in [6, 6.07) is 41.4. The zero-order chi connectivity index (χ0) is 38.6. The Hall–Kier alpha value is -6.24. The van der Waals surface area contributed by atoms with Crippen molar-refractivity contribution in [2.45, 2.75) is 0 Å². The lowest BCUT2D eigenvalue weighted by atomic mass is 9.84. The second kappa shape index (κ2) is 10.7. The van der Waals surface area contributed by atoms with Gasteiger partial charge in [0.1, 0.15) is 0 Å². The molecular weight excluding hydrogens is 577 g/mol. The molecule has 0 atom stereocenters. The first-order valence-corrected chi connectivity index (χ1v) is 16.0. The zero-order valence-electron chi connectivity index (χ0n) is 33.7. The number of fused-ring (bicyclic) bond motifs is 9. The van der Waals surface area contributed by atoms with Gasteiger partial charge in [0, 0.05) is 0 Å². The summed E-state index contributed by atoms with van der Waals surface area (Å²) >= 11 is 0. The van der Waals surface area contributed by atoms with E-state index in [1.165, 1.54) is 0 Å². The Labute approximate surface area is 290 Å². The molecule has 0 radical (unpaired) electrons. The third-order valence-corrected chi connectivity index (χ3v) is 9.64. The monoisotopic (exact) mass is 614 g/mol. The molecule has 0 amide bonds. The Morgan fingerprint density at radius 3 is 1.31 bits per heavy atom. The van der Waals surface area contributed by atoms with Gasteiger partial charge in [-0.3, -0.25) is 0 Å². The second-order valence-corrected chi connectivity index (χ2v) is 12.2. The Morgan fingerprint density at radius 2 is 0.708 bits per heavy atom. The highest BCUT2D eigenvalue weighted by atomic mass is 14.2. The molecule has 0 fully saturated rings. The van der Waals surface area contributed by atoms with E-state index in [2.05, 4.69) is 42.5 Å². The molecule has 0 aromatic heterocycles. The minimum Gasteiger partial charge on any atom is -0.0616 e. The van der Waals surface area contributed by atoms with Crippen molar-refractivity contribution in [1.29, 1.82) is 0 Å². The molecule has 0 heterocycles. The van der Waals surface area contributed by atoms with E-state index in [-0.39, 0.29) is 45.7 Å². The van der Waals surface area contributed by atoms with Gasteiger partial charge in [0.05, 0.1) is 11.0 Å². The summed E-state index contributed by atoms with van der Waals surface area (Å²) in [5, 5.41) is 9.12. The van der Waals surface area contributed by atoms with Crippen LogP contribution in [-0.2, 0) is 0 Å². The average Bonchev–Trinajstić information content (AvgIpc) is 3.24. The van der Waals surface area contributed by atoms with Crippen LogP contribution in [0.2, 0.25) is 0 Å². The van der Waals surface area contributed by atoms with Crippen molar-refractivity contribution >= 4 is 64.6 Å². The molecule has 0 aliphatic carbocycles. The zero-order valence-corrected chi connectivity index (χ0v) is 25.7. The summed E-state index contributed by atoms with van der Waals surface area (Å²) in [7, 11) is 0. The van der Waals surface area contributed by atoms with Gasteiger partial charge < -0.3 is 0 Å². The maximum atomic E-state index is 9.44. The van der Waals surface area contributed by atoms with E-state index in [1.807, 2.05) is 91.0 Å². The van der Waals surface area contributed by atoms with Crippen LogP contribution in [0.15, 0.2) is 182 Å². The second-order valence-electron chi connectivity index (χ2n) is 12.2. The maximum Gasteiger partial charge on any atom is 0.0629 e. The van der Waals surface area contributed by atoms with Gasteiger partial charge in [0.15, 0.2) is 0 Å². The predicted molar refractivity (Wildman–Crippen MR) is 208 cm³/mol. The van der Waals surface area contributed by atoms with Crippen molar-refractivity contribution in [3.05, 3.63) is 182 Å². The third kappa shape index (κ3) is 4.10. The molecule has 0 bridgehead atoms. The Morgan fingerprint density at radius 1 is 0.271 bits per heavy atom. The molecule has 0 aliphatic rings. The molecule has 10 aromatic carbocycles. The standard InChI is InChI=1S/C48H30/c1-2-13-32-28-34(25-24-31(32)12-1)33-14-11-15-35(29-33)47-42-20-7-9-22-44(42)48(45-23-10-8-21-43(45)47)36-26-27-41-39-18-4-3-16-37(39)38-17-5-6-19-40(38)46(41)30-36/h1-30H/i7D,8D,9D,10D,20D,21D,22D,23D. The van der Waals surface area contributed by atoms with Gasteiger partial charge in [-0.2, -0.15) is 0 Å². The van der Waals surface area contributed by atoms with Crippen LogP contribution >= 0.6 is 0 Å². The van der Waals surface area contributed by atoms with Crippen LogP contribution in [0.4, 0.5) is 0 Å². The van der Waals surface area contributed by atoms with E-state index in [4.69, 9.17) is 5.48 Å². The molecule has 0 nitrogen and oxygen atoms in total. The van der Waals surface area contributed by atoms with Crippen molar-refractivity contribution in [3.8, 4) is 33.4 Å². The largest absolute Gasteiger partial charge is 0.0629 e. The SMILES string of the molecule is [2H]c1c([2H])c([2H])c2c(-c3ccc4c5ccccc5c5ccccc5c4c3)c3c([2H])c([2H])c([2H])c([2H])c3c(-c3cccc(-c4ccc5ccccc5c4)c3)c2c1[2H]. The molecule has 10 rings (SSSR count). The molecule has 222 valence electrons. The lowest BCUT2D eigenvalue weighted by Gasteiger charge is -2.19. The molecule has 10 aromatic rings. The topological polar surface area (TPSA) is 0 Å². The van der Waals surface area contributed by atoms with Crippen molar-refractivity contribution in [1.82, 2.24) is 0 Å². The van der Waals surface area contributed by atoms with Gasteiger partial charge >= 0.3 is 0 Å².